The molecule has 388 valence electrons. The summed E-state index contributed by atoms with van der Waals surface area (Å²) in [5, 5.41) is 45.7. The fraction of sp³-hybridized carbons (Fsp3) is 0.315. The fourth-order valence-corrected chi connectivity index (χ4v) is 6.72. The molecule has 0 aliphatic heterocycles. The van der Waals surface area contributed by atoms with Crippen LogP contribution in [0.25, 0.3) is 6.08 Å². The Labute approximate surface area is 421 Å². The largest absolute Gasteiger partial charge is 0.497 e. The van der Waals surface area contributed by atoms with Crippen molar-refractivity contribution < 1.29 is 92.1 Å². The van der Waals surface area contributed by atoms with Gasteiger partial charge in [-0.3, -0.25) is 19.2 Å². The average molecular weight is 1010 g/mol. The van der Waals surface area contributed by atoms with Crippen LogP contribution < -0.4 is 42.6 Å². The van der Waals surface area contributed by atoms with Crippen LogP contribution in [0.4, 0.5) is 0 Å². The molecule has 0 aliphatic rings. The second kappa shape index (κ2) is 29.5. The summed E-state index contributed by atoms with van der Waals surface area (Å²) in [4.78, 5) is 55.8. The van der Waals surface area contributed by atoms with E-state index in [0.29, 0.717) is 86.0 Å². The summed E-state index contributed by atoms with van der Waals surface area (Å²) < 4.78 is 53.8. The van der Waals surface area contributed by atoms with Crippen molar-refractivity contribution in [1.82, 2.24) is 0 Å². The Hall–Kier alpha value is -8.61. The average Bonchev–Trinajstić information content (AvgIpc) is 3.36. The summed E-state index contributed by atoms with van der Waals surface area (Å²) in [5.74, 6) is -0.978. The second-order valence-electron chi connectivity index (χ2n) is 16.1. The molecule has 5 N–H and O–H groups in total. The molecule has 19 heteroatoms. The van der Waals surface area contributed by atoms with Gasteiger partial charge in [-0.2, -0.15) is 0 Å². The number of aliphatic carboxylic acids is 5. The Morgan fingerprint density at radius 2 is 0.753 bits per heavy atom. The van der Waals surface area contributed by atoms with Gasteiger partial charge in [0.15, 0.2) is 0 Å². The molecule has 5 aromatic rings. The molecule has 0 unspecified atom stereocenters. The third kappa shape index (κ3) is 20.3. The number of rotatable bonds is 35. The van der Waals surface area contributed by atoms with Crippen molar-refractivity contribution in [3.05, 3.63) is 131 Å². The molecule has 0 heterocycles. The van der Waals surface area contributed by atoms with Crippen molar-refractivity contribution in [3.63, 3.8) is 0 Å². The van der Waals surface area contributed by atoms with Gasteiger partial charge in [0.2, 0.25) is 0 Å². The number of hydrogen-bond donors (Lipinski definition) is 5. The van der Waals surface area contributed by atoms with Crippen molar-refractivity contribution in [1.29, 1.82) is 0 Å². The minimum Gasteiger partial charge on any atom is -0.497 e. The summed E-state index contributed by atoms with van der Waals surface area (Å²) in [6.45, 7) is 0.624. The fourth-order valence-electron chi connectivity index (χ4n) is 6.72. The number of hydrogen-bond acceptors (Lipinski definition) is 14. The van der Waals surface area contributed by atoms with Crippen LogP contribution in [0.1, 0.15) is 79.2 Å². The SMILES string of the molecule is COc1ccc(/C=C/C(=O)O)c(COc2ccc(COc3ccc(COc4ccc(COc5cccc(OCCCC(=O)O)c5)c(OCCCC(=O)O)c4)c(OCCCC(=O)O)c3)c(OCCCC(=O)O)c2)c1. The quantitative estimate of drug-likeness (QED) is 0.0187. The Kier molecular flexibility index (Phi) is 22.4. The summed E-state index contributed by atoms with van der Waals surface area (Å²) >= 11 is 0. The van der Waals surface area contributed by atoms with Gasteiger partial charge in [-0.15, -0.1) is 0 Å². The molecule has 0 aromatic heterocycles. The van der Waals surface area contributed by atoms with E-state index in [-0.39, 0.29) is 97.8 Å². The van der Waals surface area contributed by atoms with E-state index in [0.717, 1.165) is 6.08 Å². The van der Waals surface area contributed by atoms with E-state index < -0.39 is 29.8 Å². The molecule has 0 fully saturated rings. The van der Waals surface area contributed by atoms with E-state index in [1.807, 2.05) is 0 Å². The van der Waals surface area contributed by atoms with Crippen LogP contribution in [0.15, 0.2) is 103 Å². The van der Waals surface area contributed by atoms with Gasteiger partial charge < -0.3 is 68.2 Å². The van der Waals surface area contributed by atoms with Crippen LogP contribution in [0.3, 0.4) is 0 Å². The van der Waals surface area contributed by atoms with Crippen molar-refractivity contribution in [2.45, 2.75) is 77.8 Å². The number of carboxylic acids is 5. The topological polar surface area (TPSA) is 270 Å². The maximum absolute atomic E-state index is 11.3. The molecule has 0 bridgehead atoms. The second-order valence-corrected chi connectivity index (χ2v) is 16.1. The van der Waals surface area contributed by atoms with Crippen LogP contribution in [-0.4, -0.2) is 88.9 Å². The van der Waals surface area contributed by atoms with Gasteiger partial charge in [-0.05, 0) is 98.0 Å². The number of carbonyl (C=O) groups is 5. The molecular weight excluding hydrogens is 953 g/mol. The van der Waals surface area contributed by atoms with Gasteiger partial charge in [0.05, 0.1) is 33.5 Å². The van der Waals surface area contributed by atoms with Crippen LogP contribution in [0, 0.1) is 0 Å². The van der Waals surface area contributed by atoms with Crippen molar-refractivity contribution >= 4 is 35.9 Å². The van der Waals surface area contributed by atoms with Gasteiger partial charge >= 0.3 is 29.8 Å². The molecule has 5 rings (SSSR count). The van der Waals surface area contributed by atoms with E-state index >= 15 is 0 Å². The monoisotopic (exact) mass is 1010 g/mol. The summed E-state index contributed by atoms with van der Waals surface area (Å²) in [6.07, 6.45) is 3.23. The number of methoxy groups -OCH3 is 1. The van der Waals surface area contributed by atoms with E-state index in [2.05, 4.69) is 0 Å². The first-order valence-corrected chi connectivity index (χ1v) is 23.2. The first-order chi connectivity index (χ1) is 35.2. The number of carboxylic acid groups (broad SMARTS) is 5. The van der Waals surface area contributed by atoms with Crippen LogP contribution in [-0.2, 0) is 50.4 Å². The highest BCUT2D eigenvalue weighted by Crippen LogP contribution is 2.33. The predicted octanol–water partition coefficient (Wildman–Crippen LogP) is 9.08. The molecule has 0 spiro atoms. The van der Waals surface area contributed by atoms with Gasteiger partial charge in [-0.25, -0.2) is 4.79 Å². The highest BCUT2D eigenvalue weighted by atomic mass is 16.5. The van der Waals surface area contributed by atoms with Crippen LogP contribution in [0.2, 0.25) is 0 Å². The van der Waals surface area contributed by atoms with Gasteiger partial charge in [0, 0.05) is 78.3 Å². The minimum atomic E-state index is -1.10. The number of benzene rings is 5. The van der Waals surface area contributed by atoms with E-state index in [1.165, 1.54) is 13.2 Å². The van der Waals surface area contributed by atoms with Gasteiger partial charge in [0.25, 0.3) is 0 Å². The van der Waals surface area contributed by atoms with E-state index in [4.69, 9.17) is 52.8 Å². The molecule has 0 atom stereocenters. The number of ether oxygens (including phenoxy) is 9. The molecule has 0 radical (unpaired) electrons. The lowest BCUT2D eigenvalue weighted by atomic mass is 10.1. The lowest BCUT2D eigenvalue weighted by Crippen LogP contribution is -2.07. The Morgan fingerprint density at radius 3 is 1.14 bits per heavy atom. The third-order valence-corrected chi connectivity index (χ3v) is 10.4. The zero-order valence-electron chi connectivity index (χ0n) is 40.2. The van der Waals surface area contributed by atoms with Crippen molar-refractivity contribution in [3.8, 4) is 51.7 Å². The zero-order valence-corrected chi connectivity index (χ0v) is 40.2. The molecule has 5 aromatic carbocycles. The first kappa shape index (κ1) is 55.3. The summed E-state index contributed by atoms with van der Waals surface area (Å²) in [7, 11) is 1.52. The lowest BCUT2D eigenvalue weighted by molar-refractivity contribution is -0.138. The summed E-state index contributed by atoms with van der Waals surface area (Å²) in [6, 6.07) is 27.4. The molecule has 0 saturated carbocycles. The van der Waals surface area contributed by atoms with Gasteiger partial charge in [-0.1, -0.05) is 12.1 Å². The smallest absolute Gasteiger partial charge is 0.328 e. The summed E-state index contributed by atoms with van der Waals surface area (Å²) in [5.41, 5.74) is 3.12. The first-order valence-electron chi connectivity index (χ1n) is 23.2. The van der Waals surface area contributed by atoms with Crippen LogP contribution in [0.5, 0.6) is 51.7 Å². The standard InChI is InChI=1S/C54H58O19/c1-65-41-18-13-36(17-22-54(63)64)40(27-41)35-73-46-21-16-39(49(31-46)69-26-6-12-53(61)62)34-72-45-20-15-38(48(30-45)68-25-5-11-52(59)60)33-71-44-19-14-37(47(29-44)67-24-4-10-51(57)58)32-70-43-8-2-7-42(28-43)66-23-3-9-50(55)56/h2,7-8,13-22,27-31H,3-6,9-12,23-26,32-35H2,1H3,(H,55,56)(H,57,58)(H,59,60)(H,61,62)(H,63,64)/b22-17+. The maximum Gasteiger partial charge on any atom is 0.328 e. The van der Waals surface area contributed by atoms with Crippen LogP contribution >= 0.6 is 0 Å². The third-order valence-electron chi connectivity index (χ3n) is 10.4. The Balaban J connectivity index is 1.31. The Morgan fingerprint density at radius 1 is 0.397 bits per heavy atom. The van der Waals surface area contributed by atoms with Crippen molar-refractivity contribution in [2.75, 3.05) is 33.5 Å². The molecule has 0 saturated heterocycles. The normalized spacial score (nSPS) is 10.8. The molecule has 0 amide bonds. The molecule has 73 heavy (non-hydrogen) atoms. The minimum absolute atomic E-state index is 0.00196. The van der Waals surface area contributed by atoms with E-state index in [1.54, 1.807) is 97.1 Å². The highest BCUT2D eigenvalue weighted by Gasteiger charge is 2.15. The molecular formula is C54H58O19. The van der Waals surface area contributed by atoms with Gasteiger partial charge in [0.1, 0.15) is 78.2 Å². The zero-order chi connectivity index (χ0) is 52.4. The van der Waals surface area contributed by atoms with E-state index in [9.17, 15) is 39.3 Å². The molecule has 19 nitrogen and oxygen atoms in total. The predicted molar refractivity (Wildman–Crippen MR) is 262 cm³/mol. The highest BCUT2D eigenvalue weighted by molar-refractivity contribution is 5.85. The maximum atomic E-state index is 11.3. The molecule has 0 aliphatic carbocycles. The Bertz CT molecular complexity index is 2660. The lowest BCUT2D eigenvalue weighted by Gasteiger charge is -2.17. The van der Waals surface area contributed by atoms with Crippen molar-refractivity contribution in [2.24, 2.45) is 0 Å².